The van der Waals surface area contributed by atoms with Crippen LogP contribution >= 0.6 is 23.1 Å². The van der Waals surface area contributed by atoms with E-state index in [0.29, 0.717) is 0 Å². The van der Waals surface area contributed by atoms with Crippen molar-refractivity contribution in [3.63, 3.8) is 0 Å². The van der Waals surface area contributed by atoms with Gasteiger partial charge in [-0.25, -0.2) is 4.98 Å². The molecule has 0 aliphatic heterocycles. The predicted octanol–water partition coefficient (Wildman–Crippen LogP) is 3.53. The van der Waals surface area contributed by atoms with E-state index in [4.69, 9.17) is 0 Å². The number of hydrogen-bond donors (Lipinski definition) is 0. The molecule has 0 atom stereocenters. The molecule has 0 aliphatic rings. The van der Waals surface area contributed by atoms with Crippen molar-refractivity contribution in [2.24, 2.45) is 0 Å². The molecular weight excluding hydrogens is 198 g/mol. The smallest absolute Gasteiger partial charge is 0.150 e. The Morgan fingerprint density at radius 3 is 2.62 bits per heavy atom. The Morgan fingerprint density at radius 2 is 2.00 bits per heavy atom. The van der Waals surface area contributed by atoms with Crippen LogP contribution in [0.3, 0.4) is 0 Å². The van der Waals surface area contributed by atoms with Gasteiger partial charge in [-0.2, -0.15) is 0 Å². The van der Waals surface area contributed by atoms with Crippen LogP contribution in [0.25, 0.3) is 11.3 Å². The fourth-order valence-electron chi connectivity index (χ4n) is 1.09. The Hall–Kier alpha value is -0.800. The lowest BCUT2D eigenvalue weighted by atomic mass is 10.2. The van der Waals surface area contributed by atoms with Crippen molar-refractivity contribution in [2.75, 3.05) is 6.26 Å². The zero-order valence-electron chi connectivity index (χ0n) is 7.23. The highest BCUT2D eigenvalue weighted by atomic mass is 32.2. The summed E-state index contributed by atoms with van der Waals surface area (Å²) in [5, 5.41) is 2.10. The minimum Gasteiger partial charge on any atom is -0.230 e. The van der Waals surface area contributed by atoms with Crippen LogP contribution in [0.4, 0.5) is 0 Å². The van der Waals surface area contributed by atoms with Gasteiger partial charge >= 0.3 is 0 Å². The van der Waals surface area contributed by atoms with E-state index in [2.05, 4.69) is 22.5 Å². The largest absolute Gasteiger partial charge is 0.230 e. The molecular formula is C10H9NS2. The molecule has 0 radical (unpaired) electrons. The Kier molecular flexibility index (Phi) is 2.66. The van der Waals surface area contributed by atoms with Crippen LogP contribution in [0.15, 0.2) is 40.1 Å². The lowest BCUT2D eigenvalue weighted by Gasteiger charge is -1.93. The van der Waals surface area contributed by atoms with Crippen LogP contribution in [-0.4, -0.2) is 11.2 Å². The number of nitrogens with zero attached hydrogens (tertiary/aromatic N) is 1. The van der Waals surface area contributed by atoms with Gasteiger partial charge in [0, 0.05) is 10.9 Å². The Labute approximate surface area is 85.8 Å². The maximum Gasteiger partial charge on any atom is 0.150 e. The monoisotopic (exact) mass is 207 g/mol. The SMILES string of the molecule is CSc1nc(-c2ccccc2)cs1. The first-order valence-electron chi connectivity index (χ1n) is 3.95. The molecule has 2 rings (SSSR count). The average Bonchev–Trinajstić information content (AvgIpc) is 2.67. The van der Waals surface area contributed by atoms with Crippen LogP contribution in [0, 0.1) is 0 Å². The molecule has 2 aromatic rings. The van der Waals surface area contributed by atoms with Crippen LogP contribution in [0.2, 0.25) is 0 Å². The fraction of sp³-hybridized carbons (Fsp3) is 0.100. The summed E-state index contributed by atoms with van der Waals surface area (Å²) in [5.41, 5.74) is 2.27. The van der Waals surface area contributed by atoms with E-state index in [0.717, 1.165) is 10.0 Å². The Balaban J connectivity index is 2.36. The number of thiazole rings is 1. The maximum atomic E-state index is 4.48. The van der Waals surface area contributed by atoms with Gasteiger partial charge in [-0.05, 0) is 6.26 Å². The van der Waals surface area contributed by atoms with E-state index < -0.39 is 0 Å². The van der Waals surface area contributed by atoms with E-state index in [1.165, 1.54) is 5.56 Å². The van der Waals surface area contributed by atoms with E-state index in [9.17, 15) is 0 Å². The molecule has 0 aliphatic carbocycles. The minimum atomic E-state index is 1.08. The van der Waals surface area contributed by atoms with Crippen molar-refractivity contribution in [2.45, 2.75) is 4.34 Å². The third-order valence-corrected chi connectivity index (χ3v) is 3.59. The van der Waals surface area contributed by atoms with Gasteiger partial charge in [0.25, 0.3) is 0 Å². The summed E-state index contributed by atoms with van der Waals surface area (Å²) >= 11 is 3.39. The van der Waals surface area contributed by atoms with Crippen LogP contribution < -0.4 is 0 Å². The molecule has 13 heavy (non-hydrogen) atoms. The van der Waals surface area contributed by atoms with Crippen molar-refractivity contribution < 1.29 is 0 Å². The molecule has 0 amide bonds. The molecule has 0 N–H and O–H groups in total. The van der Waals surface area contributed by atoms with Gasteiger partial charge in [0.15, 0.2) is 0 Å². The highest BCUT2D eigenvalue weighted by Gasteiger charge is 2.01. The van der Waals surface area contributed by atoms with E-state index in [1.54, 1.807) is 23.1 Å². The summed E-state index contributed by atoms with van der Waals surface area (Å²) in [6, 6.07) is 10.3. The second-order valence-corrected chi connectivity index (χ2v) is 4.48. The molecule has 0 bridgehead atoms. The zero-order chi connectivity index (χ0) is 9.10. The second kappa shape index (κ2) is 3.94. The highest BCUT2D eigenvalue weighted by molar-refractivity contribution is 8.00. The van der Waals surface area contributed by atoms with E-state index in [-0.39, 0.29) is 0 Å². The average molecular weight is 207 g/mol. The van der Waals surface area contributed by atoms with E-state index in [1.807, 2.05) is 24.5 Å². The third-order valence-electron chi connectivity index (χ3n) is 1.73. The Morgan fingerprint density at radius 1 is 1.23 bits per heavy atom. The summed E-state index contributed by atoms with van der Waals surface area (Å²) in [6.07, 6.45) is 2.05. The van der Waals surface area contributed by atoms with Crippen LogP contribution in [0.5, 0.6) is 0 Å². The van der Waals surface area contributed by atoms with Gasteiger partial charge < -0.3 is 0 Å². The van der Waals surface area contributed by atoms with Gasteiger partial charge in [0.05, 0.1) is 5.69 Å². The van der Waals surface area contributed by atoms with E-state index >= 15 is 0 Å². The Bertz CT molecular complexity index is 381. The summed E-state index contributed by atoms with van der Waals surface area (Å²) in [4.78, 5) is 4.48. The summed E-state index contributed by atoms with van der Waals surface area (Å²) in [7, 11) is 0. The maximum absolute atomic E-state index is 4.48. The molecule has 1 aromatic heterocycles. The molecule has 1 aromatic carbocycles. The lowest BCUT2D eigenvalue weighted by molar-refractivity contribution is 1.26. The van der Waals surface area contributed by atoms with Crippen molar-refractivity contribution in [1.82, 2.24) is 4.98 Å². The number of rotatable bonds is 2. The first-order valence-corrected chi connectivity index (χ1v) is 6.05. The first kappa shape index (κ1) is 8.78. The van der Waals surface area contributed by atoms with Gasteiger partial charge in [-0.15, -0.1) is 11.3 Å². The molecule has 1 heterocycles. The molecule has 66 valence electrons. The molecule has 0 unspecified atom stereocenters. The zero-order valence-corrected chi connectivity index (χ0v) is 8.86. The summed E-state index contributed by atoms with van der Waals surface area (Å²) in [6.45, 7) is 0. The van der Waals surface area contributed by atoms with Crippen molar-refractivity contribution in [3.05, 3.63) is 35.7 Å². The molecule has 1 nitrogen and oxygen atoms in total. The second-order valence-electron chi connectivity index (χ2n) is 2.57. The topological polar surface area (TPSA) is 12.9 Å². The summed E-state index contributed by atoms with van der Waals surface area (Å²) in [5.74, 6) is 0. The number of aromatic nitrogens is 1. The van der Waals surface area contributed by atoms with Crippen LogP contribution in [0.1, 0.15) is 0 Å². The van der Waals surface area contributed by atoms with Crippen molar-refractivity contribution >= 4 is 23.1 Å². The highest BCUT2D eigenvalue weighted by Crippen LogP contribution is 2.26. The quantitative estimate of drug-likeness (QED) is 0.699. The first-order chi connectivity index (χ1) is 6.40. The number of thioether (sulfide) groups is 1. The molecule has 3 heteroatoms. The third kappa shape index (κ3) is 1.92. The molecule has 0 saturated carbocycles. The van der Waals surface area contributed by atoms with Gasteiger partial charge in [-0.1, -0.05) is 42.1 Å². The van der Waals surface area contributed by atoms with Crippen LogP contribution in [-0.2, 0) is 0 Å². The fourth-order valence-corrected chi connectivity index (χ4v) is 2.36. The normalized spacial score (nSPS) is 10.2. The number of benzene rings is 1. The van der Waals surface area contributed by atoms with Crippen molar-refractivity contribution in [3.8, 4) is 11.3 Å². The van der Waals surface area contributed by atoms with Gasteiger partial charge in [0.1, 0.15) is 4.34 Å². The lowest BCUT2D eigenvalue weighted by Crippen LogP contribution is -1.75. The minimum absolute atomic E-state index is 1.08. The standard InChI is InChI=1S/C10H9NS2/c1-12-10-11-9(7-13-10)8-5-3-2-4-6-8/h2-7H,1H3. The molecule has 0 spiro atoms. The predicted molar refractivity (Wildman–Crippen MR) is 59.3 cm³/mol. The molecule has 0 fully saturated rings. The molecule has 0 saturated heterocycles. The van der Waals surface area contributed by atoms with Crippen molar-refractivity contribution in [1.29, 1.82) is 0 Å². The van der Waals surface area contributed by atoms with Gasteiger partial charge in [-0.3, -0.25) is 0 Å². The van der Waals surface area contributed by atoms with Gasteiger partial charge in [0.2, 0.25) is 0 Å². The number of hydrogen-bond acceptors (Lipinski definition) is 3. The summed E-state index contributed by atoms with van der Waals surface area (Å²) < 4.78 is 1.12.